The molecule has 0 amide bonds. The molecule has 3 atom stereocenters. The minimum Gasteiger partial charge on any atom is -0.454 e. The molecule has 0 unspecified atom stereocenters. The Morgan fingerprint density at radius 1 is 1.17 bits per heavy atom. The molecule has 1 saturated heterocycles. The molecule has 0 spiro atoms. The Balaban J connectivity index is 1.24. The average molecular weight is 412 g/mol. The molecule has 30 heavy (non-hydrogen) atoms. The van der Waals surface area contributed by atoms with Crippen LogP contribution in [0.4, 0.5) is 4.39 Å². The summed E-state index contributed by atoms with van der Waals surface area (Å²) >= 11 is 0. The van der Waals surface area contributed by atoms with Crippen LogP contribution in [0.15, 0.2) is 48.7 Å². The molecule has 2 aliphatic heterocycles. The van der Waals surface area contributed by atoms with Gasteiger partial charge in [-0.25, -0.2) is 9.07 Å². The van der Waals surface area contributed by atoms with Crippen LogP contribution in [0.5, 0.6) is 11.5 Å². The maximum atomic E-state index is 13.5. The van der Waals surface area contributed by atoms with Crippen molar-refractivity contribution in [3.8, 4) is 22.8 Å². The van der Waals surface area contributed by atoms with Gasteiger partial charge in [0.25, 0.3) is 0 Å². The van der Waals surface area contributed by atoms with Gasteiger partial charge in [-0.3, -0.25) is 0 Å². The van der Waals surface area contributed by atoms with Crippen molar-refractivity contribution in [2.45, 2.75) is 31.3 Å². The normalized spacial score (nSPS) is 22.5. The van der Waals surface area contributed by atoms with Crippen molar-refractivity contribution in [3.05, 3.63) is 60.0 Å². The lowest BCUT2D eigenvalue weighted by Gasteiger charge is -2.21. The summed E-state index contributed by atoms with van der Waals surface area (Å²) in [5.74, 6) is 1.14. The fourth-order valence-corrected chi connectivity index (χ4v) is 3.75. The first-order chi connectivity index (χ1) is 14.7. The molecule has 0 radical (unpaired) electrons. The second-order valence-corrected chi connectivity index (χ2v) is 7.37. The zero-order valence-corrected chi connectivity index (χ0v) is 16.1. The van der Waals surface area contributed by atoms with E-state index in [2.05, 4.69) is 15.6 Å². The van der Waals surface area contributed by atoms with Crippen LogP contribution in [-0.2, 0) is 17.8 Å². The van der Waals surface area contributed by atoms with Gasteiger partial charge in [-0.05, 0) is 29.8 Å². The van der Waals surface area contributed by atoms with Crippen LogP contribution in [0, 0.1) is 5.82 Å². The fourth-order valence-electron chi connectivity index (χ4n) is 3.75. The summed E-state index contributed by atoms with van der Waals surface area (Å²) in [7, 11) is 0. The van der Waals surface area contributed by atoms with Crippen molar-refractivity contribution in [1.82, 2.24) is 20.3 Å². The van der Waals surface area contributed by atoms with Crippen LogP contribution in [0.3, 0.4) is 0 Å². The lowest BCUT2D eigenvalue weighted by atomic mass is 10.1. The van der Waals surface area contributed by atoms with Gasteiger partial charge in [0.2, 0.25) is 6.79 Å². The molecule has 9 heteroatoms. The summed E-state index contributed by atoms with van der Waals surface area (Å²) < 4.78 is 31.6. The summed E-state index contributed by atoms with van der Waals surface area (Å²) in [5, 5.41) is 22.0. The van der Waals surface area contributed by atoms with E-state index in [0.29, 0.717) is 24.3 Å². The number of nitrogens with zero attached hydrogens (tertiary/aromatic N) is 3. The van der Waals surface area contributed by atoms with E-state index in [-0.39, 0.29) is 31.4 Å². The number of ether oxygens (including phenoxy) is 3. The zero-order valence-electron chi connectivity index (χ0n) is 16.1. The smallest absolute Gasteiger partial charge is 0.231 e. The first-order valence-electron chi connectivity index (χ1n) is 9.73. The molecule has 8 nitrogen and oxygen atoms in total. The Bertz CT molecular complexity index is 1040. The number of halogens is 1. The molecule has 0 aliphatic carbocycles. The fraction of sp³-hybridized carbons (Fsp3) is 0.333. The molecule has 0 saturated carbocycles. The summed E-state index contributed by atoms with van der Waals surface area (Å²) in [5.41, 5.74) is 2.26. The van der Waals surface area contributed by atoms with Gasteiger partial charge in [-0.2, -0.15) is 0 Å². The van der Waals surface area contributed by atoms with Crippen molar-refractivity contribution >= 4 is 0 Å². The van der Waals surface area contributed by atoms with Gasteiger partial charge in [0, 0.05) is 12.1 Å². The summed E-state index contributed by atoms with van der Waals surface area (Å²) in [6.07, 6.45) is 0.837. The Morgan fingerprint density at radius 3 is 2.97 bits per heavy atom. The molecule has 2 aliphatic rings. The van der Waals surface area contributed by atoms with Crippen LogP contribution in [0.25, 0.3) is 11.3 Å². The number of aliphatic hydroxyl groups excluding tert-OH is 1. The van der Waals surface area contributed by atoms with Crippen molar-refractivity contribution in [1.29, 1.82) is 0 Å². The van der Waals surface area contributed by atoms with Gasteiger partial charge in [0.05, 0.1) is 37.6 Å². The van der Waals surface area contributed by atoms with Crippen molar-refractivity contribution < 1.29 is 23.7 Å². The maximum Gasteiger partial charge on any atom is 0.231 e. The van der Waals surface area contributed by atoms with Crippen molar-refractivity contribution in [2.24, 2.45) is 0 Å². The van der Waals surface area contributed by atoms with E-state index in [1.807, 2.05) is 18.2 Å². The summed E-state index contributed by atoms with van der Waals surface area (Å²) in [6.45, 7) is 1.44. The van der Waals surface area contributed by atoms with Gasteiger partial charge in [-0.15, -0.1) is 5.10 Å². The second kappa shape index (κ2) is 8.02. The van der Waals surface area contributed by atoms with Crippen LogP contribution in [-0.4, -0.2) is 51.7 Å². The topological polar surface area (TPSA) is 90.7 Å². The highest BCUT2D eigenvalue weighted by Gasteiger charge is 2.36. The van der Waals surface area contributed by atoms with E-state index in [1.165, 1.54) is 12.1 Å². The molecule has 3 heterocycles. The van der Waals surface area contributed by atoms with E-state index >= 15 is 0 Å². The number of hydrogen-bond donors (Lipinski definition) is 2. The average Bonchev–Trinajstić information content (AvgIpc) is 3.47. The molecule has 156 valence electrons. The standard InChI is InChI=1S/C21H21FN4O4/c22-15-3-1-2-14(7-15)16-9-26(25-24-16)10-20-21(17(27)11-28-20)23-8-13-4-5-18-19(6-13)30-12-29-18/h1-7,9,17,20-21,23,27H,8,10-12H2/t17-,20+,21+/m0/s1. The highest BCUT2D eigenvalue weighted by Crippen LogP contribution is 2.32. The van der Waals surface area contributed by atoms with Crippen LogP contribution in [0.2, 0.25) is 0 Å². The van der Waals surface area contributed by atoms with Gasteiger partial charge in [0.1, 0.15) is 11.5 Å². The number of fused-ring (bicyclic) bond motifs is 1. The van der Waals surface area contributed by atoms with Crippen molar-refractivity contribution in [2.75, 3.05) is 13.4 Å². The highest BCUT2D eigenvalue weighted by molar-refractivity contribution is 5.57. The van der Waals surface area contributed by atoms with E-state index < -0.39 is 6.10 Å². The SMILES string of the molecule is O[C@H]1CO[C@H](Cn2cc(-c3cccc(F)c3)nn2)[C@@H]1NCc1ccc2c(c1)OCO2. The lowest BCUT2D eigenvalue weighted by molar-refractivity contribution is 0.0741. The second-order valence-electron chi connectivity index (χ2n) is 7.37. The van der Waals surface area contributed by atoms with Crippen LogP contribution < -0.4 is 14.8 Å². The van der Waals surface area contributed by atoms with Crippen molar-refractivity contribution in [3.63, 3.8) is 0 Å². The zero-order chi connectivity index (χ0) is 20.5. The monoisotopic (exact) mass is 412 g/mol. The predicted octanol–water partition coefficient (Wildman–Crippen LogP) is 1.73. The third-order valence-electron chi connectivity index (χ3n) is 5.30. The van der Waals surface area contributed by atoms with E-state index in [0.717, 1.165) is 17.1 Å². The van der Waals surface area contributed by atoms with E-state index in [4.69, 9.17) is 14.2 Å². The minimum atomic E-state index is -0.629. The molecule has 2 aromatic carbocycles. The number of rotatable bonds is 6. The molecular formula is C21H21FN4O4. The Hall–Kier alpha value is -3.01. The quantitative estimate of drug-likeness (QED) is 0.637. The maximum absolute atomic E-state index is 13.5. The predicted molar refractivity (Wildman–Crippen MR) is 104 cm³/mol. The lowest BCUT2D eigenvalue weighted by Crippen LogP contribution is -2.45. The van der Waals surface area contributed by atoms with Gasteiger partial charge in [-0.1, -0.05) is 23.4 Å². The van der Waals surface area contributed by atoms with Crippen LogP contribution >= 0.6 is 0 Å². The molecule has 3 aromatic rings. The number of aliphatic hydroxyl groups is 1. The Kier molecular flexibility index (Phi) is 5.07. The number of nitrogens with one attached hydrogen (secondary N) is 1. The van der Waals surface area contributed by atoms with E-state index in [1.54, 1.807) is 23.0 Å². The Morgan fingerprint density at radius 2 is 2.07 bits per heavy atom. The molecule has 1 fully saturated rings. The Labute approximate surface area is 172 Å². The third kappa shape index (κ3) is 3.87. The van der Waals surface area contributed by atoms with E-state index in [9.17, 15) is 9.50 Å². The number of benzene rings is 2. The van der Waals surface area contributed by atoms with Crippen LogP contribution in [0.1, 0.15) is 5.56 Å². The summed E-state index contributed by atoms with van der Waals surface area (Å²) in [6, 6.07) is 11.7. The summed E-state index contributed by atoms with van der Waals surface area (Å²) in [4.78, 5) is 0. The first-order valence-corrected chi connectivity index (χ1v) is 9.73. The molecule has 1 aromatic heterocycles. The molecule has 5 rings (SSSR count). The number of hydrogen-bond acceptors (Lipinski definition) is 7. The molecular weight excluding hydrogens is 391 g/mol. The van der Waals surface area contributed by atoms with Gasteiger partial charge >= 0.3 is 0 Å². The molecule has 0 bridgehead atoms. The minimum absolute atomic E-state index is 0.235. The van der Waals surface area contributed by atoms with Gasteiger partial charge < -0.3 is 24.6 Å². The first kappa shape index (κ1) is 19.0. The van der Waals surface area contributed by atoms with Gasteiger partial charge in [0.15, 0.2) is 11.5 Å². The third-order valence-corrected chi connectivity index (χ3v) is 5.30. The molecule has 2 N–H and O–H groups in total. The number of aromatic nitrogens is 3. The largest absolute Gasteiger partial charge is 0.454 e. The highest BCUT2D eigenvalue weighted by atomic mass is 19.1.